The van der Waals surface area contributed by atoms with Crippen LogP contribution < -0.4 is 10.1 Å². The third-order valence-electron chi connectivity index (χ3n) is 6.13. The fourth-order valence-electron chi connectivity index (χ4n) is 4.03. The van der Waals surface area contributed by atoms with Gasteiger partial charge in [-0.2, -0.15) is 0 Å². The molecule has 0 radical (unpaired) electrons. The average molecular weight is 457 g/mol. The quantitative estimate of drug-likeness (QED) is 0.369. The summed E-state index contributed by atoms with van der Waals surface area (Å²) in [5.41, 5.74) is 6.69. The summed E-state index contributed by atoms with van der Waals surface area (Å²) in [5.74, 6) is 0.742. The maximum Gasteiger partial charge on any atom is 0.193 e. The van der Waals surface area contributed by atoms with Gasteiger partial charge in [-0.1, -0.05) is 66.2 Å². The van der Waals surface area contributed by atoms with Crippen molar-refractivity contribution in [3.8, 4) is 5.75 Å². The monoisotopic (exact) mass is 456 g/mol. The summed E-state index contributed by atoms with van der Waals surface area (Å²) in [7, 11) is 1.88. The van der Waals surface area contributed by atoms with Gasteiger partial charge in [-0.3, -0.25) is 4.79 Å². The van der Waals surface area contributed by atoms with Crippen molar-refractivity contribution in [1.29, 1.82) is 0 Å². The predicted octanol–water partition coefficient (Wildman–Crippen LogP) is 5.90. The number of Topliss-reactive ketones (excluding diaryl/α,β-unsaturated/α-hetero) is 1. The predicted molar refractivity (Wildman–Crippen MR) is 136 cm³/mol. The van der Waals surface area contributed by atoms with Crippen molar-refractivity contribution in [3.05, 3.63) is 112 Å². The molecule has 4 rings (SSSR count). The fourth-order valence-corrected chi connectivity index (χ4v) is 4.28. The number of carbonyl (C=O) groups excluding carboxylic acids is 1. The Labute approximate surface area is 200 Å². The molecule has 5 heteroatoms. The molecule has 1 atom stereocenters. The highest BCUT2D eigenvalue weighted by Gasteiger charge is 2.33. The Kier molecular flexibility index (Phi) is 6.61. The van der Waals surface area contributed by atoms with Crippen molar-refractivity contribution >= 4 is 23.1 Å². The smallest absolute Gasteiger partial charge is 0.193 e. The average Bonchev–Trinajstić information content (AvgIpc) is 2.83. The van der Waals surface area contributed by atoms with Gasteiger partial charge in [0.1, 0.15) is 12.4 Å². The van der Waals surface area contributed by atoms with E-state index in [9.17, 15) is 4.79 Å². The van der Waals surface area contributed by atoms with Crippen molar-refractivity contribution in [2.24, 2.45) is 0 Å². The van der Waals surface area contributed by atoms with Crippen molar-refractivity contribution in [1.82, 2.24) is 10.2 Å². The van der Waals surface area contributed by atoms with Crippen LogP contribution in [0.25, 0.3) is 0 Å². The van der Waals surface area contributed by atoms with Crippen molar-refractivity contribution in [3.63, 3.8) is 0 Å². The summed E-state index contributed by atoms with van der Waals surface area (Å²) in [5, 5.41) is 3.94. The van der Waals surface area contributed by atoms with E-state index in [0.717, 1.165) is 22.6 Å². The van der Waals surface area contributed by atoms with E-state index in [1.165, 1.54) is 11.1 Å². The van der Waals surface area contributed by atoms with E-state index in [2.05, 4.69) is 37.4 Å². The third-order valence-corrected chi connectivity index (χ3v) is 6.52. The molecule has 4 nitrogen and oxygen atoms in total. The number of hydrogen-bond acceptors (Lipinski definition) is 3. The standard InChI is InChI=1S/C28H28N2O2S/c1-18-13-14-19(2)23(15-18)17-32-24-12-8-11-22(16-24)26-25(20(3)30(4)28(33)29-26)27(31)21-9-6-5-7-10-21/h5-16,26H,17H2,1-4H3,(H,29,33). The van der Waals surface area contributed by atoms with Crippen molar-refractivity contribution in [2.45, 2.75) is 33.4 Å². The second kappa shape index (κ2) is 9.59. The molecule has 0 aliphatic carbocycles. The molecule has 33 heavy (non-hydrogen) atoms. The summed E-state index contributed by atoms with van der Waals surface area (Å²) in [6.07, 6.45) is 0. The zero-order chi connectivity index (χ0) is 23.5. The van der Waals surface area contributed by atoms with Gasteiger partial charge in [0.2, 0.25) is 0 Å². The van der Waals surface area contributed by atoms with E-state index in [1.807, 2.05) is 73.5 Å². The number of allylic oxidation sites excluding steroid dienone is 1. The SMILES string of the molecule is CC1=C(C(=O)c2ccccc2)C(c2cccc(OCc3cc(C)ccc3C)c2)NC(=S)N1C. The number of thiocarbonyl (C=S) groups is 1. The maximum atomic E-state index is 13.5. The summed E-state index contributed by atoms with van der Waals surface area (Å²) < 4.78 is 6.14. The molecule has 168 valence electrons. The number of benzene rings is 3. The second-order valence-electron chi connectivity index (χ2n) is 8.43. The molecule has 0 fully saturated rings. The lowest BCUT2D eigenvalue weighted by atomic mass is 9.89. The van der Waals surface area contributed by atoms with Crippen LogP contribution in [-0.2, 0) is 6.61 Å². The zero-order valence-electron chi connectivity index (χ0n) is 19.4. The van der Waals surface area contributed by atoms with Gasteiger partial charge in [-0.05, 0) is 61.8 Å². The van der Waals surface area contributed by atoms with E-state index >= 15 is 0 Å². The molecule has 0 amide bonds. The molecule has 1 aliphatic heterocycles. The Morgan fingerprint density at radius 1 is 1.00 bits per heavy atom. The molecular formula is C28H28N2O2S. The fraction of sp³-hybridized carbons (Fsp3) is 0.214. The number of nitrogens with zero attached hydrogens (tertiary/aromatic N) is 1. The number of rotatable bonds is 6. The van der Waals surface area contributed by atoms with Gasteiger partial charge in [0.15, 0.2) is 10.9 Å². The molecular weight excluding hydrogens is 428 g/mol. The number of carbonyl (C=O) groups is 1. The minimum Gasteiger partial charge on any atom is -0.489 e. The molecule has 1 unspecified atom stereocenters. The van der Waals surface area contributed by atoms with Crippen LogP contribution in [0.15, 0.2) is 84.1 Å². The lowest BCUT2D eigenvalue weighted by Gasteiger charge is -2.36. The summed E-state index contributed by atoms with van der Waals surface area (Å²) in [6, 6.07) is 23.3. The zero-order valence-corrected chi connectivity index (χ0v) is 20.2. The van der Waals surface area contributed by atoms with Crippen LogP contribution in [0.1, 0.15) is 45.6 Å². The van der Waals surface area contributed by atoms with Crippen LogP contribution in [0, 0.1) is 13.8 Å². The molecule has 1 aliphatic rings. The summed E-state index contributed by atoms with van der Waals surface area (Å²) >= 11 is 5.55. The highest BCUT2D eigenvalue weighted by atomic mass is 32.1. The van der Waals surface area contributed by atoms with Crippen LogP contribution in [0.3, 0.4) is 0 Å². The van der Waals surface area contributed by atoms with E-state index in [0.29, 0.717) is 22.9 Å². The van der Waals surface area contributed by atoms with Gasteiger partial charge >= 0.3 is 0 Å². The molecule has 0 saturated carbocycles. The topological polar surface area (TPSA) is 41.6 Å². The van der Waals surface area contributed by atoms with Crippen LogP contribution in [0.4, 0.5) is 0 Å². The van der Waals surface area contributed by atoms with Crippen LogP contribution in [0.5, 0.6) is 5.75 Å². The van der Waals surface area contributed by atoms with Crippen LogP contribution >= 0.6 is 12.2 Å². The minimum absolute atomic E-state index is 0.0124. The minimum atomic E-state index is -0.356. The Bertz CT molecular complexity index is 1230. The van der Waals surface area contributed by atoms with Gasteiger partial charge in [-0.25, -0.2) is 0 Å². The molecule has 1 N–H and O–H groups in total. The number of nitrogens with one attached hydrogen (secondary N) is 1. The Hall–Kier alpha value is -3.44. The van der Waals surface area contributed by atoms with Crippen molar-refractivity contribution < 1.29 is 9.53 Å². The first-order valence-electron chi connectivity index (χ1n) is 11.0. The van der Waals surface area contributed by atoms with Crippen molar-refractivity contribution in [2.75, 3.05) is 7.05 Å². The highest BCUT2D eigenvalue weighted by molar-refractivity contribution is 7.80. The van der Waals surface area contributed by atoms with E-state index in [1.54, 1.807) is 0 Å². The molecule has 0 bridgehead atoms. The molecule has 0 spiro atoms. The third kappa shape index (κ3) is 4.83. The summed E-state index contributed by atoms with van der Waals surface area (Å²) in [6.45, 7) is 6.60. The number of ether oxygens (including phenoxy) is 1. The lowest BCUT2D eigenvalue weighted by Crippen LogP contribution is -2.45. The Morgan fingerprint density at radius 2 is 1.76 bits per heavy atom. The van der Waals surface area contributed by atoms with E-state index in [-0.39, 0.29) is 11.8 Å². The first kappa shape index (κ1) is 22.7. The molecule has 3 aromatic rings. The van der Waals surface area contributed by atoms with Gasteiger partial charge < -0.3 is 15.0 Å². The number of ketones is 1. The van der Waals surface area contributed by atoms with E-state index < -0.39 is 0 Å². The molecule has 0 saturated heterocycles. The lowest BCUT2D eigenvalue weighted by molar-refractivity contribution is 0.102. The van der Waals surface area contributed by atoms with Gasteiger partial charge in [0, 0.05) is 23.9 Å². The first-order valence-corrected chi connectivity index (χ1v) is 11.4. The Morgan fingerprint density at radius 3 is 2.52 bits per heavy atom. The largest absolute Gasteiger partial charge is 0.489 e. The van der Waals surface area contributed by atoms with E-state index in [4.69, 9.17) is 17.0 Å². The number of aryl methyl sites for hydroxylation is 2. The first-order chi connectivity index (χ1) is 15.8. The maximum absolute atomic E-state index is 13.5. The molecule has 1 heterocycles. The van der Waals surface area contributed by atoms with Gasteiger partial charge in [-0.15, -0.1) is 0 Å². The van der Waals surface area contributed by atoms with Crippen LogP contribution in [-0.4, -0.2) is 22.8 Å². The number of hydrogen-bond donors (Lipinski definition) is 1. The van der Waals surface area contributed by atoms with Crippen LogP contribution in [0.2, 0.25) is 0 Å². The molecule has 3 aromatic carbocycles. The Balaban J connectivity index is 1.65. The molecule has 0 aromatic heterocycles. The summed E-state index contributed by atoms with van der Waals surface area (Å²) in [4.78, 5) is 15.4. The van der Waals surface area contributed by atoms with Gasteiger partial charge in [0.25, 0.3) is 0 Å². The highest BCUT2D eigenvalue weighted by Crippen LogP contribution is 2.33. The second-order valence-corrected chi connectivity index (χ2v) is 8.81. The van der Waals surface area contributed by atoms with Gasteiger partial charge in [0.05, 0.1) is 6.04 Å². The normalized spacial score (nSPS) is 15.9.